The third kappa shape index (κ3) is 5.62. The molecule has 0 radical (unpaired) electrons. The number of ether oxygens (including phenoxy) is 1. The van der Waals surface area contributed by atoms with E-state index >= 15 is 0 Å². The zero-order chi connectivity index (χ0) is 14.9. The van der Waals surface area contributed by atoms with Gasteiger partial charge in [-0.3, -0.25) is 9.69 Å². The molecule has 6 nitrogen and oxygen atoms in total. The van der Waals surface area contributed by atoms with Crippen LogP contribution in [0.5, 0.6) is 0 Å². The van der Waals surface area contributed by atoms with Gasteiger partial charge in [0.25, 0.3) is 0 Å². The largest absolute Gasteiger partial charge is 0.379 e. The molecule has 0 aromatic heterocycles. The van der Waals surface area contributed by atoms with Gasteiger partial charge in [0.05, 0.1) is 19.3 Å². The maximum Gasteiger partial charge on any atom is 0.223 e. The number of hydrogen-bond acceptors (Lipinski definition) is 5. The summed E-state index contributed by atoms with van der Waals surface area (Å²) in [5.41, 5.74) is 0. The van der Waals surface area contributed by atoms with Crippen molar-refractivity contribution < 1.29 is 9.53 Å². The lowest BCUT2D eigenvalue weighted by Crippen LogP contribution is -2.44. The van der Waals surface area contributed by atoms with E-state index in [1.165, 1.54) is 0 Å². The summed E-state index contributed by atoms with van der Waals surface area (Å²) in [6.07, 6.45) is 2.40. The molecular weight excluding hydrogens is 268 g/mol. The smallest absolute Gasteiger partial charge is 0.223 e. The minimum atomic E-state index is 0.146. The Labute approximate surface area is 127 Å². The molecule has 1 N–H and O–H groups in total. The second kappa shape index (κ2) is 8.98. The van der Waals surface area contributed by atoms with Crippen LogP contribution in [0.15, 0.2) is 0 Å². The average molecular weight is 294 g/mol. The van der Waals surface area contributed by atoms with E-state index in [9.17, 15) is 4.79 Å². The van der Waals surface area contributed by atoms with Gasteiger partial charge in [-0.25, -0.2) is 0 Å². The average Bonchev–Trinajstić information content (AvgIpc) is 2.54. The Kier molecular flexibility index (Phi) is 6.93. The van der Waals surface area contributed by atoms with Crippen LogP contribution in [-0.4, -0.2) is 74.7 Å². The third-order valence-corrected chi connectivity index (χ3v) is 4.33. The van der Waals surface area contributed by atoms with Crippen LogP contribution in [0.25, 0.3) is 0 Å². The van der Waals surface area contributed by atoms with Crippen molar-refractivity contribution in [2.24, 2.45) is 5.92 Å². The first-order valence-electron chi connectivity index (χ1n) is 7.96. The summed E-state index contributed by atoms with van der Waals surface area (Å²) in [5.74, 6) is 0.344. The molecule has 2 saturated heterocycles. The first-order chi connectivity index (χ1) is 10.3. The lowest BCUT2D eigenvalue weighted by Gasteiger charge is -2.31. The van der Waals surface area contributed by atoms with E-state index in [0.29, 0.717) is 6.42 Å². The molecule has 0 aromatic rings. The van der Waals surface area contributed by atoms with Gasteiger partial charge in [-0.1, -0.05) is 0 Å². The number of likely N-dealkylation sites (tertiary alicyclic amines) is 1. The van der Waals surface area contributed by atoms with E-state index in [2.05, 4.69) is 21.2 Å². The highest BCUT2D eigenvalue weighted by molar-refractivity contribution is 5.78. The second-order valence-electron chi connectivity index (χ2n) is 5.77. The van der Waals surface area contributed by atoms with Crippen molar-refractivity contribution in [1.29, 1.82) is 5.26 Å². The predicted molar refractivity (Wildman–Crippen MR) is 79.7 cm³/mol. The van der Waals surface area contributed by atoms with Gasteiger partial charge in [0.1, 0.15) is 0 Å². The third-order valence-electron chi connectivity index (χ3n) is 4.33. The highest BCUT2D eigenvalue weighted by Gasteiger charge is 2.24. The van der Waals surface area contributed by atoms with Crippen molar-refractivity contribution in [3.8, 4) is 6.07 Å². The van der Waals surface area contributed by atoms with Crippen LogP contribution >= 0.6 is 0 Å². The van der Waals surface area contributed by atoms with Crippen LogP contribution < -0.4 is 5.32 Å². The van der Waals surface area contributed by atoms with Gasteiger partial charge in [0.15, 0.2) is 0 Å². The molecule has 0 atom stereocenters. The summed E-state index contributed by atoms with van der Waals surface area (Å²) in [4.78, 5) is 16.7. The summed E-state index contributed by atoms with van der Waals surface area (Å²) in [6.45, 7) is 7.88. The van der Waals surface area contributed by atoms with Crippen molar-refractivity contribution in [2.75, 3.05) is 59.0 Å². The summed E-state index contributed by atoms with van der Waals surface area (Å²) in [7, 11) is 0. The number of carbonyl (C=O) groups excluding carboxylic acids is 1. The van der Waals surface area contributed by atoms with Crippen LogP contribution in [0.3, 0.4) is 0 Å². The summed E-state index contributed by atoms with van der Waals surface area (Å²) < 4.78 is 5.31. The molecule has 1 amide bonds. The number of nitriles is 1. The van der Waals surface area contributed by atoms with Crippen molar-refractivity contribution in [3.63, 3.8) is 0 Å². The molecule has 6 heteroatoms. The van der Waals surface area contributed by atoms with Crippen molar-refractivity contribution in [2.45, 2.75) is 19.3 Å². The predicted octanol–water partition coefficient (Wildman–Crippen LogP) is 0.0605. The topological polar surface area (TPSA) is 68.6 Å². The summed E-state index contributed by atoms with van der Waals surface area (Å²) >= 11 is 0. The molecule has 0 bridgehead atoms. The lowest BCUT2D eigenvalue weighted by atomic mass is 9.96. The molecule has 0 aliphatic carbocycles. The number of nitrogens with zero attached hydrogens (tertiary/aromatic N) is 3. The fourth-order valence-corrected chi connectivity index (χ4v) is 2.93. The fourth-order valence-electron chi connectivity index (χ4n) is 2.93. The summed E-state index contributed by atoms with van der Waals surface area (Å²) in [5, 5.41) is 11.7. The maximum atomic E-state index is 12.1. The van der Waals surface area contributed by atoms with Gasteiger partial charge in [-0.05, 0) is 25.9 Å². The Bertz CT molecular complexity index is 355. The van der Waals surface area contributed by atoms with Crippen LogP contribution in [0.1, 0.15) is 19.3 Å². The fraction of sp³-hybridized carbons (Fsp3) is 0.867. The Morgan fingerprint density at radius 2 is 1.81 bits per heavy atom. The van der Waals surface area contributed by atoms with E-state index in [0.717, 1.165) is 71.9 Å². The van der Waals surface area contributed by atoms with E-state index in [4.69, 9.17) is 10.00 Å². The number of carbonyl (C=O) groups is 1. The van der Waals surface area contributed by atoms with Gasteiger partial charge in [0.2, 0.25) is 5.91 Å². The van der Waals surface area contributed by atoms with Crippen LogP contribution in [0.4, 0.5) is 0 Å². The van der Waals surface area contributed by atoms with Gasteiger partial charge in [-0.2, -0.15) is 5.26 Å². The SMILES string of the molecule is N#CCCN1CCC(C(=O)NCCN2CCOCC2)CC1. The molecule has 0 unspecified atom stereocenters. The van der Waals surface area contributed by atoms with Crippen molar-refractivity contribution >= 4 is 5.91 Å². The number of hydrogen-bond donors (Lipinski definition) is 1. The number of morpholine rings is 1. The standard InChI is InChI=1S/C15H26N4O2/c16-4-1-6-18-7-2-14(3-8-18)15(20)17-5-9-19-10-12-21-13-11-19/h14H,1-3,5-13H2,(H,17,20). The molecule has 118 valence electrons. The Balaban J connectivity index is 1.57. The molecule has 2 rings (SSSR count). The first kappa shape index (κ1) is 16.2. The number of nitrogens with one attached hydrogen (secondary N) is 1. The minimum Gasteiger partial charge on any atom is -0.379 e. The first-order valence-corrected chi connectivity index (χ1v) is 7.96. The zero-order valence-electron chi connectivity index (χ0n) is 12.7. The maximum absolute atomic E-state index is 12.1. The molecule has 2 fully saturated rings. The van der Waals surface area contributed by atoms with E-state index in [1.807, 2.05) is 0 Å². The van der Waals surface area contributed by atoms with Gasteiger partial charge in [0, 0.05) is 45.1 Å². The number of amides is 1. The van der Waals surface area contributed by atoms with E-state index in [-0.39, 0.29) is 11.8 Å². The molecular formula is C15H26N4O2. The minimum absolute atomic E-state index is 0.146. The Hall–Kier alpha value is -1.16. The zero-order valence-corrected chi connectivity index (χ0v) is 12.7. The van der Waals surface area contributed by atoms with Gasteiger partial charge >= 0.3 is 0 Å². The highest BCUT2D eigenvalue weighted by atomic mass is 16.5. The Morgan fingerprint density at radius 3 is 2.48 bits per heavy atom. The van der Waals surface area contributed by atoms with Crippen molar-refractivity contribution in [3.05, 3.63) is 0 Å². The van der Waals surface area contributed by atoms with E-state index < -0.39 is 0 Å². The van der Waals surface area contributed by atoms with Crippen LogP contribution in [0, 0.1) is 17.2 Å². The van der Waals surface area contributed by atoms with Crippen molar-refractivity contribution in [1.82, 2.24) is 15.1 Å². The highest BCUT2D eigenvalue weighted by Crippen LogP contribution is 2.17. The summed E-state index contributed by atoms with van der Waals surface area (Å²) in [6, 6.07) is 2.17. The quantitative estimate of drug-likeness (QED) is 0.750. The van der Waals surface area contributed by atoms with E-state index in [1.54, 1.807) is 0 Å². The number of rotatable bonds is 6. The molecule has 0 spiro atoms. The molecule has 2 aliphatic heterocycles. The lowest BCUT2D eigenvalue weighted by molar-refractivity contribution is -0.126. The van der Waals surface area contributed by atoms with Gasteiger partial charge < -0.3 is 15.0 Å². The Morgan fingerprint density at radius 1 is 1.14 bits per heavy atom. The monoisotopic (exact) mass is 294 g/mol. The molecule has 0 saturated carbocycles. The van der Waals surface area contributed by atoms with Crippen LogP contribution in [-0.2, 0) is 9.53 Å². The normalized spacial score (nSPS) is 21.9. The number of piperidine rings is 1. The second-order valence-corrected chi connectivity index (χ2v) is 5.77. The van der Waals surface area contributed by atoms with Crippen LogP contribution in [0.2, 0.25) is 0 Å². The molecule has 2 heterocycles. The molecule has 2 aliphatic rings. The molecule has 21 heavy (non-hydrogen) atoms. The molecule has 0 aromatic carbocycles. The van der Waals surface area contributed by atoms with Gasteiger partial charge in [-0.15, -0.1) is 0 Å².